The average molecular weight is 272 g/mol. The maximum absolute atomic E-state index is 3.57. The van der Waals surface area contributed by atoms with E-state index in [1.807, 2.05) is 27.7 Å². The minimum atomic E-state index is 0.429. The number of anilines is 2. The summed E-state index contributed by atoms with van der Waals surface area (Å²) in [5, 5.41) is 9.74. The van der Waals surface area contributed by atoms with E-state index in [-0.39, 0.29) is 0 Å². The van der Waals surface area contributed by atoms with Crippen LogP contribution in [0.3, 0.4) is 0 Å². The minimum Gasteiger partial charge on any atom is -0.380 e. The number of hydrogen-bond donors (Lipinski definition) is 2. The molecular formula is C18H28N2. The molecule has 0 bridgehead atoms. The zero-order valence-corrected chi connectivity index (χ0v) is 13.6. The summed E-state index contributed by atoms with van der Waals surface area (Å²) in [7, 11) is 0. The maximum atomic E-state index is 3.57. The first kappa shape index (κ1) is 16.4. The van der Waals surface area contributed by atoms with Crippen LogP contribution in [0.1, 0.15) is 41.5 Å². The van der Waals surface area contributed by atoms with Crippen LogP contribution in [0.4, 0.5) is 11.4 Å². The van der Waals surface area contributed by atoms with E-state index < -0.39 is 0 Å². The average Bonchev–Trinajstić information content (AvgIpc) is 2.63. The molecule has 1 aliphatic heterocycles. The molecule has 3 rings (SSSR count). The lowest BCUT2D eigenvalue weighted by molar-refractivity contribution is 0.682. The Kier molecular flexibility index (Phi) is 6.37. The Hall–Kier alpha value is -1.70. The predicted molar refractivity (Wildman–Crippen MR) is 92.8 cm³/mol. The standard InChI is InChI=1S/C14H16N2.2C2H6/c1-9-10(2)16-13-8-4-6-11-5-3-7-12(15-9)14(11)13;2*1-2/h3-10,15-16H,1-2H3;2*1-2H3. The zero-order chi connectivity index (χ0) is 15.1. The fraction of sp³-hybridized carbons (Fsp3) is 0.444. The molecule has 2 aromatic carbocycles. The molecule has 20 heavy (non-hydrogen) atoms. The highest BCUT2D eigenvalue weighted by atomic mass is 15.0. The van der Waals surface area contributed by atoms with Crippen molar-refractivity contribution in [3.63, 3.8) is 0 Å². The van der Waals surface area contributed by atoms with Gasteiger partial charge in [-0.2, -0.15) is 0 Å². The highest BCUT2D eigenvalue weighted by Crippen LogP contribution is 2.33. The lowest BCUT2D eigenvalue weighted by Crippen LogP contribution is -2.32. The molecule has 1 aliphatic rings. The molecule has 0 aromatic heterocycles. The largest absolute Gasteiger partial charge is 0.380 e. The first-order chi connectivity index (χ1) is 9.75. The van der Waals surface area contributed by atoms with E-state index in [4.69, 9.17) is 0 Å². The molecule has 0 amide bonds. The van der Waals surface area contributed by atoms with Crippen molar-refractivity contribution in [3.8, 4) is 0 Å². The normalized spacial score (nSPS) is 19.3. The summed E-state index contributed by atoms with van der Waals surface area (Å²) in [6.45, 7) is 12.4. The van der Waals surface area contributed by atoms with Gasteiger partial charge in [-0.1, -0.05) is 52.0 Å². The van der Waals surface area contributed by atoms with E-state index in [9.17, 15) is 0 Å². The summed E-state index contributed by atoms with van der Waals surface area (Å²) in [6, 6.07) is 13.7. The Morgan fingerprint density at radius 3 is 1.50 bits per heavy atom. The molecule has 110 valence electrons. The molecule has 0 spiro atoms. The fourth-order valence-corrected chi connectivity index (χ4v) is 2.32. The van der Waals surface area contributed by atoms with Gasteiger partial charge in [-0.15, -0.1) is 0 Å². The van der Waals surface area contributed by atoms with Crippen molar-refractivity contribution >= 4 is 22.1 Å². The molecule has 1 heterocycles. The van der Waals surface area contributed by atoms with Crippen LogP contribution in [0.2, 0.25) is 0 Å². The van der Waals surface area contributed by atoms with Gasteiger partial charge in [-0.3, -0.25) is 0 Å². The highest BCUT2D eigenvalue weighted by molar-refractivity contribution is 6.03. The van der Waals surface area contributed by atoms with E-state index in [1.54, 1.807) is 0 Å². The van der Waals surface area contributed by atoms with Crippen molar-refractivity contribution in [1.29, 1.82) is 0 Å². The molecule has 2 atom stereocenters. The van der Waals surface area contributed by atoms with Gasteiger partial charge in [0.15, 0.2) is 0 Å². The Bertz CT molecular complexity index is 489. The maximum Gasteiger partial charge on any atom is 0.0443 e. The molecule has 0 fully saturated rings. The monoisotopic (exact) mass is 272 g/mol. The quantitative estimate of drug-likeness (QED) is 0.661. The second-order valence-electron chi connectivity index (χ2n) is 4.58. The summed E-state index contributed by atoms with van der Waals surface area (Å²) in [5.41, 5.74) is 2.47. The van der Waals surface area contributed by atoms with Crippen LogP contribution >= 0.6 is 0 Å². The molecule has 2 unspecified atom stereocenters. The van der Waals surface area contributed by atoms with E-state index >= 15 is 0 Å². The Labute approximate surface area is 123 Å². The van der Waals surface area contributed by atoms with Crippen LogP contribution in [-0.4, -0.2) is 12.1 Å². The van der Waals surface area contributed by atoms with Gasteiger partial charge in [0.25, 0.3) is 0 Å². The second-order valence-corrected chi connectivity index (χ2v) is 4.58. The van der Waals surface area contributed by atoms with E-state index in [0.717, 1.165) is 0 Å². The van der Waals surface area contributed by atoms with E-state index in [1.165, 1.54) is 22.1 Å². The molecule has 2 N–H and O–H groups in total. The summed E-state index contributed by atoms with van der Waals surface area (Å²) >= 11 is 0. The smallest absolute Gasteiger partial charge is 0.0443 e. The van der Waals surface area contributed by atoms with Crippen molar-refractivity contribution in [3.05, 3.63) is 36.4 Å². The predicted octanol–water partition coefficient (Wildman–Crippen LogP) is 5.51. The van der Waals surface area contributed by atoms with Crippen LogP contribution < -0.4 is 10.6 Å². The summed E-state index contributed by atoms with van der Waals surface area (Å²) in [6.07, 6.45) is 0. The summed E-state index contributed by atoms with van der Waals surface area (Å²) in [5.74, 6) is 0. The molecule has 0 radical (unpaired) electrons. The summed E-state index contributed by atoms with van der Waals surface area (Å²) in [4.78, 5) is 0. The Balaban J connectivity index is 0.000000461. The number of benzene rings is 2. The van der Waals surface area contributed by atoms with Crippen LogP contribution in [0.5, 0.6) is 0 Å². The molecule has 0 saturated carbocycles. The second kappa shape index (κ2) is 7.78. The topological polar surface area (TPSA) is 24.1 Å². The Morgan fingerprint density at radius 1 is 0.700 bits per heavy atom. The van der Waals surface area contributed by atoms with Crippen molar-refractivity contribution in [1.82, 2.24) is 0 Å². The lowest BCUT2D eigenvalue weighted by atomic mass is 10.1. The number of hydrogen-bond acceptors (Lipinski definition) is 2. The van der Waals surface area contributed by atoms with Gasteiger partial charge >= 0.3 is 0 Å². The third-order valence-corrected chi connectivity index (χ3v) is 3.42. The zero-order valence-electron chi connectivity index (χ0n) is 13.6. The van der Waals surface area contributed by atoms with Crippen LogP contribution in [-0.2, 0) is 0 Å². The SMILES string of the molecule is CC.CC.CC1Nc2cccc3cccc(c23)NC1C. The number of rotatable bonds is 0. The van der Waals surface area contributed by atoms with Crippen molar-refractivity contribution in [2.45, 2.75) is 53.6 Å². The van der Waals surface area contributed by atoms with Gasteiger partial charge in [0.1, 0.15) is 0 Å². The Morgan fingerprint density at radius 2 is 1.10 bits per heavy atom. The molecular weight excluding hydrogens is 244 g/mol. The van der Waals surface area contributed by atoms with Gasteiger partial charge in [0.05, 0.1) is 0 Å². The van der Waals surface area contributed by atoms with Crippen molar-refractivity contribution in [2.24, 2.45) is 0 Å². The van der Waals surface area contributed by atoms with E-state index in [0.29, 0.717) is 12.1 Å². The van der Waals surface area contributed by atoms with Gasteiger partial charge in [0.2, 0.25) is 0 Å². The molecule has 0 aliphatic carbocycles. The number of nitrogens with one attached hydrogen (secondary N) is 2. The molecule has 2 aromatic rings. The van der Waals surface area contributed by atoms with Crippen LogP contribution in [0.25, 0.3) is 10.8 Å². The van der Waals surface area contributed by atoms with Gasteiger partial charge in [-0.05, 0) is 31.4 Å². The van der Waals surface area contributed by atoms with Crippen LogP contribution in [0.15, 0.2) is 36.4 Å². The minimum absolute atomic E-state index is 0.429. The molecule has 2 heteroatoms. The molecule has 0 saturated heterocycles. The van der Waals surface area contributed by atoms with Crippen molar-refractivity contribution < 1.29 is 0 Å². The lowest BCUT2D eigenvalue weighted by Gasteiger charge is -2.20. The third kappa shape index (κ3) is 3.24. The van der Waals surface area contributed by atoms with E-state index in [2.05, 4.69) is 60.9 Å². The van der Waals surface area contributed by atoms with Gasteiger partial charge in [-0.25, -0.2) is 0 Å². The first-order valence-corrected chi connectivity index (χ1v) is 7.80. The third-order valence-electron chi connectivity index (χ3n) is 3.42. The van der Waals surface area contributed by atoms with Gasteiger partial charge in [0, 0.05) is 28.8 Å². The fourth-order valence-electron chi connectivity index (χ4n) is 2.32. The first-order valence-electron chi connectivity index (χ1n) is 7.80. The van der Waals surface area contributed by atoms with Crippen LogP contribution in [0, 0.1) is 0 Å². The highest BCUT2D eigenvalue weighted by Gasteiger charge is 2.18. The van der Waals surface area contributed by atoms with Crippen molar-refractivity contribution in [2.75, 3.05) is 10.6 Å². The molecule has 2 nitrogen and oxygen atoms in total. The summed E-state index contributed by atoms with van der Waals surface area (Å²) < 4.78 is 0. The van der Waals surface area contributed by atoms with Gasteiger partial charge < -0.3 is 10.6 Å².